The zero-order valence-corrected chi connectivity index (χ0v) is 11.7. The molecule has 0 heterocycles. The van der Waals surface area contributed by atoms with Crippen molar-refractivity contribution in [3.8, 4) is 5.75 Å². The van der Waals surface area contributed by atoms with Gasteiger partial charge in [-0.2, -0.15) is 0 Å². The number of rotatable bonds is 6. The van der Waals surface area contributed by atoms with E-state index in [0.29, 0.717) is 6.54 Å². The van der Waals surface area contributed by atoms with E-state index in [-0.39, 0.29) is 5.69 Å². The van der Waals surface area contributed by atoms with Crippen molar-refractivity contribution in [1.29, 1.82) is 0 Å². The van der Waals surface area contributed by atoms with Gasteiger partial charge in [-0.25, -0.2) is 0 Å². The number of hydrogen-bond acceptors (Lipinski definition) is 5. The Hall–Kier alpha value is -2.05. The number of nitro benzene ring substituents is 1. The number of nitrogens with zero attached hydrogens (tertiary/aromatic N) is 1. The molecule has 2 rings (SSSR count). The van der Waals surface area contributed by atoms with Crippen LogP contribution in [0.1, 0.15) is 5.56 Å². The molecular weight excluding hydrogens is 276 g/mol. The first kappa shape index (κ1) is 14.4. The fraction of sp³-hybridized carbons (Fsp3) is 0.143. The van der Waals surface area contributed by atoms with Crippen molar-refractivity contribution in [3.05, 3.63) is 64.2 Å². The molecule has 6 heteroatoms. The lowest BCUT2D eigenvalue weighted by molar-refractivity contribution is -0.384. The molecule has 0 spiro atoms. The van der Waals surface area contributed by atoms with E-state index in [2.05, 4.69) is 4.72 Å². The van der Waals surface area contributed by atoms with Crippen molar-refractivity contribution in [2.45, 2.75) is 11.4 Å². The average molecular weight is 290 g/mol. The van der Waals surface area contributed by atoms with Gasteiger partial charge < -0.3 is 4.74 Å². The summed E-state index contributed by atoms with van der Waals surface area (Å²) in [6, 6.07) is 14.2. The second-order valence-corrected chi connectivity index (χ2v) is 4.99. The van der Waals surface area contributed by atoms with Gasteiger partial charge in [0.15, 0.2) is 0 Å². The van der Waals surface area contributed by atoms with Crippen molar-refractivity contribution >= 4 is 17.6 Å². The SMILES string of the molecule is COc1ccc(CNSc2ccc([N+](=O)[O-])cc2)cc1. The van der Waals surface area contributed by atoms with Gasteiger partial charge in [0.1, 0.15) is 5.75 Å². The van der Waals surface area contributed by atoms with Crippen LogP contribution in [0.2, 0.25) is 0 Å². The summed E-state index contributed by atoms with van der Waals surface area (Å²) in [4.78, 5) is 11.1. The van der Waals surface area contributed by atoms with E-state index in [1.165, 1.54) is 24.1 Å². The van der Waals surface area contributed by atoms with Crippen molar-refractivity contribution in [1.82, 2.24) is 4.72 Å². The van der Waals surface area contributed by atoms with Crippen LogP contribution in [0.25, 0.3) is 0 Å². The maximum atomic E-state index is 10.5. The molecule has 0 saturated heterocycles. The highest BCUT2D eigenvalue weighted by Gasteiger charge is 2.04. The van der Waals surface area contributed by atoms with Gasteiger partial charge in [-0.15, -0.1) is 0 Å². The largest absolute Gasteiger partial charge is 0.497 e. The maximum absolute atomic E-state index is 10.5. The number of methoxy groups -OCH3 is 1. The highest BCUT2D eigenvalue weighted by molar-refractivity contribution is 7.97. The Morgan fingerprint density at radius 1 is 1.15 bits per heavy atom. The first-order valence-corrected chi connectivity index (χ1v) is 6.78. The Bertz CT molecular complexity index is 570. The molecule has 0 aliphatic carbocycles. The first-order valence-electron chi connectivity index (χ1n) is 5.96. The van der Waals surface area contributed by atoms with Crippen molar-refractivity contribution in [3.63, 3.8) is 0 Å². The summed E-state index contributed by atoms with van der Waals surface area (Å²) in [5, 5.41) is 10.5. The molecule has 5 nitrogen and oxygen atoms in total. The first-order chi connectivity index (χ1) is 9.69. The van der Waals surface area contributed by atoms with E-state index < -0.39 is 4.92 Å². The topological polar surface area (TPSA) is 64.4 Å². The summed E-state index contributed by atoms with van der Waals surface area (Å²) >= 11 is 1.44. The van der Waals surface area contributed by atoms with Crippen LogP contribution in [0.3, 0.4) is 0 Å². The van der Waals surface area contributed by atoms with Crippen LogP contribution in [-0.4, -0.2) is 12.0 Å². The second kappa shape index (κ2) is 6.93. The number of nitrogens with one attached hydrogen (secondary N) is 1. The Labute approximate surface area is 121 Å². The summed E-state index contributed by atoms with van der Waals surface area (Å²) in [5.74, 6) is 0.830. The van der Waals surface area contributed by atoms with Crippen LogP contribution in [-0.2, 0) is 6.54 Å². The highest BCUT2D eigenvalue weighted by Crippen LogP contribution is 2.19. The standard InChI is InChI=1S/C14H14N2O3S/c1-19-13-6-2-11(3-7-13)10-15-20-14-8-4-12(5-9-14)16(17)18/h2-9,15H,10H2,1H3. The lowest BCUT2D eigenvalue weighted by atomic mass is 10.2. The fourth-order valence-corrected chi connectivity index (χ4v) is 2.26. The van der Waals surface area contributed by atoms with E-state index in [0.717, 1.165) is 16.2 Å². The number of hydrogen-bond donors (Lipinski definition) is 1. The fourth-order valence-electron chi connectivity index (χ4n) is 1.58. The lowest BCUT2D eigenvalue weighted by Crippen LogP contribution is -2.02. The van der Waals surface area contributed by atoms with Crippen LogP contribution in [0.4, 0.5) is 5.69 Å². The van der Waals surface area contributed by atoms with Crippen molar-refractivity contribution < 1.29 is 9.66 Å². The quantitative estimate of drug-likeness (QED) is 0.502. The van der Waals surface area contributed by atoms with Crippen LogP contribution >= 0.6 is 11.9 Å². The number of nitro groups is 1. The molecule has 0 unspecified atom stereocenters. The zero-order valence-electron chi connectivity index (χ0n) is 10.9. The highest BCUT2D eigenvalue weighted by atomic mass is 32.2. The number of benzene rings is 2. The molecule has 2 aromatic rings. The molecule has 0 amide bonds. The normalized spacial score (nSPS) is 10.2. The van der Waals surface area contributed by atoms with E-state index in [1.54, 1.807) is 19.2 Å². The molecule has 0 aliphatic heterocycles. The molecule has 0 radical (unpaired) electrons. The summed E-state index contributed by atoms with van der Waals surface area (Å²) < 4.78 is 8.30. The zero-order chi connectivity index (χ0) is 14.4. The second-order valence-electron chi connectivity index (χ2n) is 4.02. The van der Waals surface area contributed by atoms with Crippen molar-refractivity contribution in [2.24, 2.45) is 0 Å². The smallest absolute Gasteiger partial charge is 0.269 e. The Morgan fingerprint density at radius 2 is 1.80 bits per heavy atom. The van der Waals surface area contributed by atoms with E-state index in [4.69, 9.17) is 4.74 Å². The Kier molecular flexibility index (Phi) is 4.97. The van der Waals surface area contributed by atoms with Crippen molar-refractivity contribution in [2.75, 3.05) is 7.11 Å². The van der Waals surface area contributed by atoms with Gasteiger partial charge in [0.2, 0.25) is 0 Å². The van der Waals surface area contributed by atoms with E-state index in [1.807, 2.05) is 24.3 Å². The molecule has 0 fully saturated rings. The predicted molar refractivity (Wildman–Crippen MR) is 78.8 cm³/mol. The summed E-state index contributed by atoms with van der Waals surface area (Å²) in [7, 11) is 1.64. The Balaban J connectivity index is 1.84. The van der Waals surface area contributed by atoms with Crippen LogP contribution in [0.5, 0.6) is 5.75 Å². The Morgan fingerprint density at radius 3 is 2.35 bits per heavy atom. The van der Waals surface area contributed by atoms with Crippen LogP contribution in [0.15, 0.2) is 53.4 Å². The molecule has 0 aromatic heterocycles. The molecule has 1 N–H and O–H groups in total. The third-order valence-corrected chi connectivity index (χ3v) is 3.47. The van der Waals surface area contributed by atoms with Crippen LogP contribution < -0.4 is 9.46 Å². The summed E-state index contributed by atoms with van der Waals surface area (Å²) in [6.45, 7) is 0.700. The minimum Gasteiger partial charge on any atom is -0.497 e. The van der Waals surface area contributed by atoms with E-state index >= 15 is 0 Å². The average Bonchev–Trinajstić information content (AvgIpc) is 2.48. The molecule has 104 valence electrons. The third kappa shape index (κ3) is 3.97. The van der Waals surface area contributed by atoms with Gasteiger partial charge in [-0.1, -0.05) is 12.1 Å². The molecule has 0 aliphatic rings. The number of non-ortho nitro benzene ring substituents is 1. The molecule has 0 saturated carbocycles. The molecule has 2 aromatic carbocycles. The lowest BCUT2D eigenvalue weighted by Gasteiger charge is -2.05. The van der Waals surface area contributed by atoms with Gasteiger partial charge in [-0.3, -0.25) is 14.8 Å². The molecular formula is C14H14N2O3S. The maximum Gasteiger partial charge on any atom is 0.269 e. The summed E-state index contributed by atoms with van der Waals surface area (Å²) in [5.41, 5.74) is 1.24. The van der Waals surface area contributed by atoms with Gasteiger partial charge in [-0.05, 0) is 41.8 Å². The minimum absolute atomic E-state index is 0.101. The van der Waals surface area contributed by atoms with Crippen LogP contribution in [0, 0.1) is 10.1 Å². The van der Waals surface area contributed by atoms with Gasteiger partial charge in [0.05, 0.1) is 12.0 Å². The molecule has 0 atom stereocenters. The summed E-state index contributed by atoms with van der Waals surface area (Å²) in [6.07, 6.45) is 0. The molecule has 0 bridgehead atoms. The van der Waals surface area contributed by atoms with Gasteiger partial charge in [0, 0.05) is 23.6 Å². The molecule has 20 heavy (non-hydrogen) atoms. The third-order valence-electron chi connectivity index (χ3n) is 2.67. The number of ether oxygens (including phenoxy) is 1. The van der Waals surface area contributed by atoms with Gasteiger partial charge >= 0.3 is 0 Å². The monoisotopic (exact) mass is 290 g/mol. The minimum atomic E-state index is -0.404. The van der Waals surface area contributed by atoms with Gasteiger partial charge in [0.25, 0.3) is 5.69 Å². The van der Waals surface area contributed by atoms with E-state index in [9.17, 15) is 10.1 Å². The predicted octanol–water partition coefficient (Wildman–Crippen LogP) is 3.40.